The SMILES string of the molecule is CCc1nn(C)c(CC(NC)c2ccc(SC)cc2)c1Br. The summed E-state index contributed by atoms with van der Waals surface area (Å²) in [6, 6.07) is 9.06. The zero-order valence-electron chi connectivity index (χ0n) is 13.0. The molecule has 3 nitrogen and oxygen atoms in total. The Kier molecular flexibility index (Phi) is 5.90. The summed E-state index contributed by atoms with van der Waals surface area (Å²) in [5, 5.41) is 7.99. The van der Waals surface area contributed by atoms with Crippen LogP contribution in [0.3, 0.4) is 0 Å². The van der Waals surface area contributed by atoms with Crippen molar-refractivity contribution in [1.29, 1.82) is 0 Å². The molecule has 0 fully saturated rings. The molecule has 0 saturated heterocycles. The van der Waals surface area contributed by atoms with Crippen LogP contribution >= 0.6 is 27.7 Å². The van der Waals surface area contributed by atoms with Gasteiger partial charge in [0.25, 0.3) is 0 Å². The van der Waals surface area contributed by atoms with Gasteiger partial charge in [-0.2, -0.15) is 5.10 Å². The molecule has 1 N–H and O–H groups in total. The van der Waals surface area contributed by atoms with Crippen molar-refractivity contribution in [3.63, 3.8) is 0 Å². The molecule has 1 heterocycles. The van der Waals surface area contributed by atoms with E-state index in [1.807, 2.05) is 18.8 Å². The molecule has 1 aromatic heterocycles. The molecular weight excluding hydrogens is 346 g/mol. The van der Waals surface area contributed by atoms with E-state index < -0.39 is 0 Å². The van der Waals surface area contributed by atoms with Crippen molar-refractivity contribution in [1.82, 2.24) is 15.1 Å². The lowest BCUT2D eigenvalue weighted by Crippen LogP contribution is -2.20. The number of rotatable bonds is 6. The number of benzene rings is 1. The molecule has 5 heteroatoms. The fourth-order valence-corrected chi connectivity index (χ4v) is 3.64. The molecule has 2 aromatic rings. The fraction of sp³-hybridized carbons (Fsp3) is 0.438. The summed E-state index contributed by atoms with van der Waals surface area (Å²) in [6.45, 7) is 2.13. The van der Waals surface area contributed by atoms with Crippen molar-refractivity contribution in [2.75, 3.05) is 13.3 Å². The van der Waals surface area contributed by atoms with E-state index in [9.17, 15) is 0 Å². The maximum atomic E-state index is 4.58. The molecule has 0 aliphatic heterocycles. The molecule has 0 radical (unpaired) electrons. The van der Waals surface area contributed by atoms with Crippen LogP contribution in [0.2, 0.25) is 0 Å². The first kappa shape index (κ1) is 16.6. The largest absolute Gasteiger partial charge is 0.313 e. The van der Waals surface area contributed by atoms with Crippen molar-refractivity contribution in [2.45, 2.75) is 30.7 Å². The van der Waals surface area contributed by atoms with Crippen LogP contribution < -0.4 is 5.32 Å². The maximum absolute atomic E-state index is 4.58. The average Bonchev–Trinajstić information content (AvgIpc) is 2.79. The van der Waals surface area contributed by atoms with Crippen LogP contribution in [0.25, 0.3) is 0 Å². The van der Waals surface area contributed by atoms with E-state index in [-0.39, 0.29) is 6.04 Å². The number of nitrogens with one attached hydrogen (secondary N) is 1. The average molecular weight is 368 g/mol. The molecule has 1 atom stereocenters. The number of nitrogens with zero attached hydrogens (tertiary/aromatic N) is 2. The Morgan fingerprint density at radius 2 is 2.00 bits per heavy atom. The van der Waals surface area contributed by atoms with Crippen LogP contribution in [0.5, 0.6) is 0 Å². The molecule has 1 unspecified atom stereocenters. The highest BCUT2D eigenvalue weighted by atomic mass is 79.9. The van der Waals surface area contributed by atoms with E-state index in [1.54, 1.807) is 11.8 Å². The third-order valence-electron chi connectivity index (χ3n) is 3.77. The zero-order chi connectivity index (χ0) is 15.4. The summed E-state index contributed by atoms with van der Waals surface area (Å²) < 4.78 is 3.14. The third-order valence-corrected chi connectivity index (χ3v) is 5.43. The molecular formula is C16H22BrN3S. The normalized spacial score (nSPS) is 12.6. The monoisotopic (exact) mass is 367 g/mol. The standard InChI is InChI=1S/C16H22BrN3S/c1-5-13-16(17)15(20(3)19-13)10-14(18-2)11-6-8-12(21-4)9-7-11/h6-9,14,18H,5,10H2,1-4H3. The number of aromatic nitrogens is 2. The van der Waals surface area contributed by atoms with Crippen LogP contribution in [0.15, 0.2) is 33.6 Å². The van der Waals surface area contributed by atoms with Gasteiger partial charge in [-0.15, -0.1) is 11.8 Å². The Morgan fingerprint density at radius 1 is 1.33 bits per heavy atom. The highest BCUT2D eigenvalue weighted by Crippen LogP contribution is 2.27. The zero-order valence-corrected chi connectivity index (χ0v) is 15.4. The Bertz CT molecular complexity index is 592. The molecule has 0 saturated carbocycles. The van der Waals surface area contributed by atoms with Crippen LogP contribution in [-0.2, 0) is 19.9 Å². The van der Waals surface area contributed by atoms with Gasteiger partial charge in [0.2, 0.25) is 0 Å². The van der Waals surface area contributed by atoms with Crippen molar-refractivity contribution < 1.29 is 0 Å². The summed E-state index contributed by atoms with van der Waals surface area (Å²) in [5.74, 6) is 0. The van der Waals surface area contributed by atoms with E-state index in [0.29, 0.717) is 0 Å². The second-order valence-corrected chi connectivity index (χ2v) is 6.68. The molecule has 0 bridgehead atoms. The molecule has 0 aliphatic carbocycles. The molecule has 0 amide bonds. The number of aryl methyl sites for hydroxylation is 2. The Balaban J connectivity index is 2.24. The van der Waals surface area contributed by atoms with Crippen LogP contribution in [0.1, 0.15) is 29.9 Å². The quantitative estimate of drug-likeness (QED) is 0.783. The first-order chi connectivity index (χ1) is 10.1. The highest BCUT2D eigenvalue weighted by Gasteiger charge is 2.18. The molecule has 114 valence electrons. The predicted molar refractivity (Wildman–Crippen MR) is 94.0 cm³/mol. The number of hydrogen-bond acceptors (Lipinski definition) is 3. The van der Waals surface area contributed by atoms with Crippen molar-refractivity contribution in [3.05, 3.63) is 45.7 Å². The highest BCUT2D eigenvalue weighted by molar-refractivity contribution is 9.10. The number of thioether (sulfide) groups is 1. The van der Waals surface area contributed by atoms with Gasteiger partial charge in [0.1, 0.15) is 0 Å². The summed E-state index contributed by atoms with van der Waals surface area (Å²) in [4.78, 5) is 1.29. The third kappa shape index (κ3) is 3.71. The Hall–Kier alpha value is -0.780. The predicted octanol–water partition coefficient (Wildman–Crippen LogP) is 3.97. The van der Waals surface area contributed by atoms with E-state index in [1.165, 1.54) is 16.2 Å². The minimum Gasteiger partial charge on any atom is -0.313 e. The van der Waals surface area contributed by atoms with Crippen molar-refractivity contribution in [3.8, 4) is 0 Å². The molecule has 2 rings (SSSR count). The van der Waals surface area contributed by atoms with E-state index >= 15 is 0 Å². The number of halogens is 1. The second kappa shape index (κ2) is 7.47. The summed E-state index contributed by atoms with van der Waals surface area (Å²) in [6.07, 6.45) is 3.96. The number of likely N-dealkylation sites (N-methyl/N-ethyl adjacent to an activating group) is 1. The minimum atomic E-state index is 0.289. The Morgan fingerprint density at radius 3 is 2.48 bits per heavy atom. The van der Waals surface area contributed by atoms with Gasteiger partial charge in [0.15, 0.2) is 0 Å². The lowest BCUT2D eigenvalue weighted by atomic mass is 10.0. The van der Waals surface area contributed by atoms with Crippen LogP contribution in [-0.4, -0.2) is 23.1 Å². The maximum Gasteiger partial charge on any atom is 0.0766 e. The van der Waals surface area contributed by atoms with E-state index in [0.717, 1.165) is 23.0 Å². The molecule has 0 aliphatic rings. The van der Waals surface area contributed by atoms with Gasteiger partial charge in [-0.1, -0.05) is 19.1 Å². The second-order valence-electron chi connectivity index (χ2n) is 5.00. The van der Waals surface area contributed by atoms with E-state index in [2.05, 4.69) is 63.8 Å². The van der Waals surface area contributed by atoms with Gasteiger partial charge in [-0.05, 0) is 53.4 Å². The summed E-state index contributed by atoms with van der Waals surface area (Å²) in [5.41, 5.74) is 3.67. The minimum absolute atomic E-state index is 0.289. The van der Waals surface area contributed by atoms with Crippen molar-refractivity contribution in [2.24, 2.45) is 7.05 Å². The lowest BCUT2D eigenvalue weighted by Gasteiger charge is -2.17. The van der Waals surface area contributed by atoms with Gasteiger partial charge in [0.05, 0.1) is 15.9 Å². The smallest absolute Gasteiger partial charge is 0.0766 e. The van der Waals surface area contributed by atoms with Gasteiger partial charge in [-0.25, -0.2) is 0 Å². The summed E-state index contributed by atoms with van der Waals surface area (Å²) >= 11 is 5.47. The van der Waals surface area contributed by atoms with Gasteiger partial charge in [0, 0.05) is 24.4 Å². The number of hydrogen-bond donors (Lipinski definition) is 1. The fourth-order valence-electron chi connectivity index (χ4n) is 2.46. The molecule has 1 aromatic carbocycles. The van der Waals surface area contributed by atoms with Crippen LogP contribution in [0, 0.1) is 0 Å². The van der Waals surface area contributed by atoms with Gasteiger partial charge in [-0.3, -0.25) is 4.68 Å². The Labute approximate surface area is 139 Å². The first-order valence-electron chi connectivity index (χ1n) is 7.12. The first-order valence-corrected chi connectivity index (χ1v) is 9.13. The van der Waals surface area contributed by atoms with E-state index in [4.69, 9.17) is 0 Å². The summed E-state index contributed by atoms with van der Waals surface area (Å²) in [7, 11) is 4.03. The van der Waals surface area contributed by atoms with Crippen LogP contribution in [0.4, 0.5) is 0 Å². The molecule has 21 heavy (non-hydrogen) atoms. The van der Waals surface area contributed by atoms with Crippen molar-refractivity contribution >= 4 is 27.7 Å². The lowest BCUT2D eigenvalue weighted by molar-refractivity contribution is 0.560. The van der Waals surface area contributed by atoms with Gasteiger partial charge >= 0.3 is 0 Å². The molecule has 0 spiro atoms. The van der Waals surface area contributed by atoms with Gasteiger partial charge < -0.3 is 5.32 Å². The topological polar surface area (TPSA) is 29.9 Å².